The van der Waals surface area contributed by atoms with E-state index >= 15 is 0 Å². The summed E-state index contributed by atoms with van der Waals surface area (Å²) in [4.78, 5) is 0. The minimum absolute atomic E-state index is 0.132. The quantitative estimate of drug-likeness (QED) is 0.567. The van der Waals surface area contributed by atoms with Gasteiger partial charge in [0.2, 0.25) is 0 Å². The van der Waals surface area contributed by atoms with E-state index in [4.69, 9.17) is 4.74 Å². The van der Waals surface area contributed by atoms with Gasteiger partial charge in [-0.3, -0.25) is 0 Å². The number of hydrogen-bond acceptors (Lipinski definition) is 1. The van der Waals surface area contributed by atoms with E-state index < -0.39 is 0 Å². The van der Waals surface area contributed by atoms with Gasteiger partial charge in [0.15, 0.2) is 0 Å². The maximum Gasteiger partial charge on any atom is 0.0630 e. The summed E-state index contributed by atoms with van der Waals surface area (Å²) in [7, 11) is 0. The van der Waals surface area contributed by atoms with Crippen LogP contribution in [0.3, 0.4) is 0 Å². The van der Waals surface area contributed by atoms with Crippen molar-refractivity contribution in [3.63, 3.8) is 0 Å². The predicted octanol–water partition coefficient (Wildman–Crippen LogP) is 2.99. The molecule has 0 aliphatic carbocycles. The summed E-state index contributed by atoms with van der Waals surface area (Å²) in [5, 5.41) is 0. The lowest BCUT2D eigenvalue weighted by Crippen LogP contribution is -2.37. The molecule has 1 nitrogen and oxygen atoms in total. The number of ether oxygens (including phenoxy) is 1. The fourth-order valence-corrected chi connectivity index (χ4v) is 1.73. The Hall–Kier alpha value is -0.0400. The van der Waals surface area contributed by atoms with Gasteiger partial charge in [-0.1, -0.05) is 13.8 Å². The SMILES string of the molecule is CC(C)C1CCCC(C)(C)O1. The Kier molecular flexibility index (Phi) is 2.58. The van der Waals surface area contributed by atoms with Crippen molar-refractivity contribution in [2.45, 2.75) is 58.7 Å². The lowest BCUT2D eigenvalue weighted by atomic mass is 9.91. The maximum absolute atomic E-state index is 5.94. The van der Waals surface area contributed by atoms with Gasteiger partial charge < -0.3 is 4.74 Å². The Morgan fingerprint density at radius 2 is 2.00 bits per heavy atom. The molecule has 0 N–H and O–H groups in total. The zero-order chi connectivity index (χ0) is 8.48. The zero-order valence-electron chi connectivity index (χ0n) is 8.18. The van der Waals surface area contributed by atoms with E-state index in [0.717, 1.165) is 0 Å². The molecular weight excluding hydrogens is 136 g/mol. The monoisotopic (exact) mass is 156 g/mol. The van der Waals surface area contributed by atoms with Gasteiger partial charge in [-0.15, -0.1) is 0 Å². The molecule has 1 rings (SSSR count). The summed E-state index contributed by atoms with van der Waals surface area (Å²) >= 11 is 0. The molecule has 1 heteroatoms. The second-order valence-electron chi connectivity index (χ2n) is 4.55. The standard InChI is InChI=1S/C10H20O/c1-8(2)9-6-5-7-10(3,4)11-9/h8-9H,5-7H2,1-4H3. The van der Waals surface area contributed by atoms with Crippen molar-refractivity contribution >= 4 is 0 Å². The van der Waals surface area contributed by atoms with E-state index in [1.807, 2.05) is 0 Å². The minimum atomic E-state index is 0.132. The van der Waals surface area contributed by atoms with Gasteiger partial charge in [0, 0.05) is 0 Å². The minimum Gasteiger partial charge on any atom is -0.372 e. The molecule has 1 unspecified atom stereocenters. The Balaban J connectivity index is 2.46. The van der Waals surface area contributed by atoms with Gasteiger partial charge in [-0.2, -0.15) is 0 Å². The van der Waals surface area contributed by atoms with Crippen LogP contribution in [-0.2, 0) is 4.74 Å². The molecule has 1 saturated heterocycles. The van der Waals surface area contributed by atoms with Crippen molar-refractivity contribution in [1.29, 1.82) is 0 Å². The van der Waals surface area contributed by atoms with Gasteiger partial charge in [0.05, 0.1) is 11.7 Å². The summed E-state index contributed by atoms with van der Waals surface area (Å²) in [5.74, 6) is 0.676. The average molecular weight is 156 g/mol. The molecule has 0 aromatic carbocycles. The number of rotatable bonds is 1. The van der Waals surface area contributed by atoms with E-state index in [0.29, 0.717) is 12.0 Å². The van der Waals surface area contributed by atoms with Crippen LogP contribution in [0.25, 0.3) is 0 Å². The van der Waals surface area contributed by atoms with Crippen LogP contribution < -0.4 is 0 Å². The van der Waals surface area contributed by atoms with Crippen LogP contribution >= 0.6 is 0 Å². The topological polar surface area (TPSA) is 9.23 Å². The van der Waals surface area contributed by atoms with Crippen LogP contribution in [0.2, 0.25) is 0 Å². The fraction of sp³-hybridized carbons (Fsp3) is 1.00. The lowest BCUT2D eigenvalue weighted by Gasteiger charge is -2.37. The summed E-state index contributed by atoms with van der Waals surface area (Å²) in [6.45, 7) is 8.88. The Morgan fingerprint density at radius 1 is 1.36 bits per heavy atom. The highest BCUT2D eigenvalue weighted by atomic mass is 16.5. The van der Waals surface area contributed by atoms with E-state index in [1.165, 1.54) is 19.3 Å². The molecule has 0 amide bonds. The van der Waals surface area contributed by atoms with Gasteiger partial charge >= 0.3 is 0 Å². The molecule has 0 spiro atoms. The zero-order valence-corrected chi connectivity index (χ0v) is 8.18. The first-order valence-electron chi connectivity index (χ1n) is 4.69. The van der Waals surface area contributed by atoms with Crippen LogP contribution in [0.5, 0.6) is 0 Å². The second kappa shape index (κ2) is 3.14. The predicted molar refractivity (Wildman–Crippen MR) is 47.6 cm³/mol. The smallest absolute Gasteiger partial charge is 0.0630 e. The van der Waals surface area contributed by atoms with Crippen molar-refractivity contribution in [2.24, 2.45) is 5.92 Å². The molecule has 66 valence electrons. The third kappa shape index (κ3) is 2.48. The van der Waals surface area contributed by atoms with E-state index in [9.17, 15) is 0 Å². The Bertz CT molecular complexity index is 127. The molecule has 1 heterocycles. The summed E-state index contributed by atoms with van der Waals surface area (Å²) < 4.78 is 5.94. The molecular formula is C10H20O. The number of hydrogen-bond donors (Lipinski definition) is 0. The molecule has 1 aliphatic rings. The molecule has 0 radical (unpaired) electrons. The fourth-order valence-electron chi connectivity index (χ4n) is 1.73. The highest BCUT2D eigenvalue weighted by Gasteiger charge is 2.29. The van der Waals surface area contributed by atoms with Gasteiger partial charge in [0.1, 0.15) is 0 Å². The normalized spacial score (nSPS) is 30.8. The van der Waals surface area contributed by atoms with Crippen LogP contribution in [0, 0.1) is 5.92 Å². The molecule has 11 heavy (non-hydrogen) atoms. The summed E-state index contributed by atoms with van der Waals surface area (Å²) in [6, 6.07) is 0. The van der Waals surface area contributed by atoms with Gasteiger partial charge in [-0.05, 0) is 39.0 Å². The van der Waals surface area contributed by atoms with Crippen molar-refractivity contribution in [1.82, 2.24) is 0 Å². The van der Waals surface area contributed by atoms with Crippen molar-refractivity contribution < 1.29 is 4.74 Å². The summed E-state index contributed by atoms with van der Waals surface area (Å²) in [6.07, 6.45) is 4.30. The lowest BCUT2D eigenvalue weighted by molar-refractivity contribution is -0.123. The van der Waals surface area contributed by atoms with E-state index in [-0.39, 0.29) is 5.60 Å². The van der Waals surface area contributed by atoms with Crippen molar-refractivity contribution in [3.05, 3.63) is 0 Å². The summed E-state index contributed by atoms with van der Waals surface area (Å²) in [5.41, 5.74) is 0.132. The Labute approximate surface area is 70.1 Å². The third-order valence-corrected chi connectivity index (χ3v) is 2.48. The van der Waals surface area contributed by atoms with Crippen LogP contribution in [0.1, 0.15) is 47.0 Å². The van der Waals surface area contributed by atoms with E-state index in [2.05, 4.69) is 27.7 Å². The van der Waals surface area contributed by atoms with Gasteiger partial charge in [-0.25, -0.2) is 0 Å². The van der Waals surface area contributed by atoms with Crippen molar-refractivity contribution in [3.8, 4) is 0 Å². The van der Waals surface area contributed by atoms with Crippen LogP contribution in [0.4, 0.5) is 0 Å². The molecule has 1 aliphatic heterocycles. The molecule has 0 aromatic rings. The Morgan fingerprint density at radius 3 is 2.36 bits per heavy atom. The highest BCUT2D eigenvalue weighted by molar-refractivity contribution is 4.79. The third-order valence-electron chi connectivity index (χ3n) is 2.48. The van der Waals surface area contributed by atoms with Crippen molar-refractivity contribution in [2.75, 3.05) is 0 Å². The molecule has 0 saturated carbocycles. The van der Waals surface area contributed by atoms with E-state index in [1.54, 1.807) is 0 Å². The van der Waals surface area contributed by atoms with Crippen LogP contribution in [0.15, 0.2) is 0 Å². The molecule has 1 atom stereocenters. The first-order chi connectivity index (χ1) is 5.01. The molecule has 0 aromatic heterocycles. The molecule has 0 bridgehead atoms. The maximum atomic E-state index is 5.94. The first-order valence-corrected chi connectivity index (χ1v) is 4.69. The first kappa shape index (κ1) is 9.05. The van der Waals surface area contributed by atoms with Gasteiger partial charge in [0.25, 0.3) is 0 Å². The average Bonchev–Trinajstić information content (AvgIpc) is 1.85. The highest BCUT2D eigenvalue weighted by Crippen LogP contribution is 2.30. The largest absolute Gasteiger partial charge is 0.372 e. The second-order valence-corrected chi connectivity index (χ2v) is 4.55. The molecule has 1 fully saturated rings. The van der Waals surface area contributed by atoms with Crippen LogP contribution in [-0.4, -0.2) is 11.7 Å².